The van der Waals surface area contributed by atoms with Crippen molar-refractivity contribution in [2.75, 3.05) is 13.2 Å². The molecule has 1 fully saturated rings. The third kappa shape index (κ3) is 2.88. The van der Waals surface area contributed by atoms with Crippen LogP contribution in [0.4, 0.5) is 0 Å². The fourth-order valence-electron chi connectivity index (χ4n) is 2.45. The normalized spacial score (nSPS) is 16.7. The number of unbranched alkanes of at least 4 members (excludes halogenated alkanes) is 1. The van der Waals surface area contributed by atoms with Crippen LogP contribution >= 0.6 is 0 Å². The van der Waals surface area contributed by atoms with E-state index in [0.717, 1.165) is 51.1 Å². The maximum atomic E-state index is 8.88. The SMILES string of the molecule is CCCCn1nnc(CC#N)c1C1CCOCC1. The minimum atomic E-state index is 0.360. The first-order valence-electron chi connectivity index (χ1n) is 6.73. The van der Waals surface area contributed by atoms with Crippen LogP contribution in [0.1, 0.15) is 49.9 Å². The van der Waals surface area contributed by atoms with Crippen molar-refractivity contribution in [1.29, 1.82) is 5.26 Å². The highest BCUT2D eigenvalue weighted by molar-refractivity contribution is 5.19. The van der Waals surface area contributed by atoms with E-state index in [1.54, 1.807) is 0 Å². The fraction of sp³-hybridized carbons (Fsp3) is 0.769. The van der Waals surface area contributed by atoms with Gasteiger partial charge in [-0.2, -0.15) is 5.26 Å². The van der Waals surface area contributed by atoms with E-state index in [0.29, 0.717) is 12.3 Å². The van der Waals surface area contributed by atoms with Crippen LogP contribution in [0.2, 0.25) is 0 Å². The Balaban J connectivity index is 2.21. The van der Waals surface area contributed by atoms with Gasteiger partial charge in [-0.15, -0.1) is 5.10 Å². The highest BCUT2D eigenvalue weighted by Gasteiger charge is 2.24. The molecule has 0 spiro atoms. The lowest BCUT2D eigenvalue weighted by atomic mass is 9.94. The van der Waals surface area contributed by atoms with Crippen molar-refractivity contribution in [3.05, 3.63) is 11.4 Å². The lowest BCUT2D eigenvalue weighted by molar-refractivity contribution is 0.0833. The Labute approximate surface area is 108 Å². The Morgan fingerprint density at radius 2 is 2.22 bits per heavy atom. The molecule has 0 amide bonds. The molecule has 0 atom stereocenters. The second-order valence-electron chi connectivity index (χ2n) is 4.72. The summed E-state index contributed by atoms with van der Waals surface area (Å²) in [6.45, 7) is 4.67. The van der Waals surface area contributed by atoms with Gasteiger partial charge in [0.1, 0.15) is 5.69 Å². The van der Waals surface area contributed by atoms with Gasteiger partial charge < -0.3 is 4.74 Å². The molecule has 0 N–H and O–H groups in total. The smallest absolute Gasteiger partial charge is 0.100 e. The van der Waals surface area contributed by atoms with Gasteiger partial charge >= 0.3 is 0 Å². The zero-order valence-electron chi connectivity index (χ0n) is 10.9. The van der Waals surface area contributed by atoms with Crippen molar-refractivity contribution in [3.63, 3.8) is 0 Å². The molecule has 1 saturated heterocycles. The Morgan fingerprint density at radius 3 is 2.89 bits per heavy atom. The van der Waals surface area contributed by atoms with Crippen LogP contribution in [0.25, 0.3) is 0 Å². The number of hydrogen-bond donors (Lipinski definition) is 0. The maximum Gasteiger partial charge on any atom is 0.100 e. The fourth-order valence-corrected chi connectivity index (χ4v) is 2.45. The van der Waals surface area contributed by atoms with Crippen molar-refractivity contribution in [2.24, 2.45) is 0 Å². The summed E-state index contributed by atoms with van der Waals surface area (Å²) in [5.41, 5.74) is 2.04. The van der Waals surface area contributed by atoms with Crippen LogP contribution in [0, 0.1) is 11.3 Å². The van der Waals surface area contributed by atoms with E-state index < -0.39 is 0 Å². The summed E-state index contributed by atoms with van der Waals surface area (Å²) in [4.78, 5) is 0. The first kappa shape index (κ1) is 13.0. The van der Waals surface area contributed by atoms with Gasteiger partial charge in [0.25, 0.3) is 0 Å². The molecule has 1 aliphatic heterocycles. The first-order valence-corrected chi connectivity index (χ1v) is 6.73. The number of aromatic nitrogens is 3. The maximum absolute atomic E-state index is 8.88. The van der Waals surface area contributed by atoms with Gasteiger partial charge in [-0.3, -0.25) is 0 Å². The molecule has 18 heavy (non-hydrogen) atoms. The monoisotopic (exact) mass is 248 g/mol. The van der Waals surface area contributed by atoms with Gasteiger partial charge in [0.2, 0.25) is 0 Å². The highest BCUT2D eigenvalue weighted by Crippen LogP contribution is 2.29. The van der Waals surface area contributed by atoms with Crippen molar-refractivity contribution >= 4 is 0 Å². The quantitative estimate of drug-likeness (QED) is 0.800. The minimum Gasteiger partial charge on any atom is -0.381 e. The standard InChI is InChI=1S/C13H20N4O/c1-2-3-8-17-13(11-5-9-18-10-6-11)12(4-7-14)15-16-17/h11H,2-6,8-10H2,1H3. The lowest BCUT2D eigenvalue weighted by Crippen LogP contribution is -2.19. The van der Waals surface area contributed by atoms with E-state index in [4.69, 9.17) is 10.00 Å². The van der Waals surface area contributed by atoms with Crippen LogP contribution in [0.5, 0.6) is 0 Å². The summed E-state index contributed by atoms with van der Waals surface area (Å²) >= 11 is 0. The molecule has 5 nitrogen and oxygen atoms in total. The summed E-state index contributed by atoms with van der Waals surface area (Å²) in [6.07, 6.45) is 4.63. The number of hydrogen-bond acceptors (Lipinski definition) is 4. The largest absolute Gasteiger partial charge is 0.381 e. The van der Waals surface area contributed by atoms with Crippen LogP contribution in [-0.4, -0.2) is 28.2 Å². The second kappa shape index (κ2) is 6.50. The van der Waals surface area contributed by atoms with Crippen LogP contribution in [0.15, 0.2) is 0 Å². The van der Waals surface area contributed by atoms with E-state index in [1.807, 2.05) is 4.68 Å². The Bertz CT molecular complexity index is 415. The molecule has 98 valence electrons. The van der Waals surface area contributed by atoms with E-state index in [1.165, 1.54) is 5.69 Å². The third-order valence-electron chi connectivity index (χ3n) is 3.43. The van der Waals surface area contributed by atoms with Gasteiger partial charge in [0, 0.05) is 25.7 Å². The number of nitrogens with zero attached hydrogens (tertiary/aromatic N) is 4. The van der Waals surface area contributed by atoms with Gasteiger partial charge in [-0.05, 0) is 19.3 Å². The molecule has 1 aliphatic rings. The summed E-state index contributed by atoms with van der Waals surface area (Å²) in [5.74, 6) is 0.453. The number of ether oxygens (including phenoxy) is 1. The zero-order chi connectivity index (χ0) is 12.8. The highest BCUT2D eigenvalue weighted by atomic mass is 16.5. The third-order valence-corrected chi connectivity index (χ3v) is 3.43. The first-order chi connectivity index (χ1) is 8.86. The Kier molecular flexibility index (Phi) is 4.71. The molecule has 2 rings (SSSR count). The molecular weight excluding hydrogens is 228 g/mol. The van der Waals surface area contributed by atoms with Gasteiger partial charge in [0.05, 0.1) is 18.2 Å². The molecule has 0 aromatic carbocycles. The van der Waals surface area contributed by atoms with Gasteiger partial charge in [-0.25, -0.2) is 4.68 Å². The molecule has 2 heterocycles. The molecule has 1 aromatic heterocycles. The molecular formula is C13H20N4O. The van der Waals surface area contributed by atoms with Gasteiger partial charge in [-0.1, -0.05) is 18.6 Å². The van der Waals surface area contributed by atoms with E-state index in [2.05, 4.69) is 23.3 Å². The minimum absolute atomic E-state index is 0.360. The van der Waals surface area contributed by atoms with Crippen LogP contribution < -0.4 is 0 Å². The average molecular weight is 248 g/mol. The molecule has 5 heteroatoms. The predicted octanol–water partition coefficient (Wildman–Crippen LogP) is 2.04. The molecule has 1 aromatic rings. The van der Waals surface area contributed by atoms with Crippen molar-refractivity contribution in [2.45, 2.75) is 51.5 Å². The van der Waals surface area contributed by atoms with Crippen molar-refractivity contribution < 1.29 is 4.74 Å². The van der Waals surface area contributed by atoms with Gasteiger partial charge in [0.15, 0.2) is 0 Å². The van der Waals surface area contributed by atoms with Crippen LogP contribution in [-0.2, 0) is 17.7 Å². The summed E-state index contributed by atoms with van der Waals surface area (Å²) in [6, 6.07) is 2.19. The average Bonchev–Trinajstić information content (AvgIpc) is 2.81. The zero-order valence-corrected chi connectivity index (χ0v) is 10.9. The molecule has 0 saturated carbocycles. The Morgan fingerprint density at radius 1 is 1.44 bits per heavy atom. The lowest BCUT2D eigenvalue weighted by Gasteiger charge is -2.23. The number of nitriles is 1. The second-order valence-corrected chi connectivity index (χ2v) is 4.72. The Hall–Kier alpha value is -1.41. The van der Waals surface area contributed by atoms with Crippen molar-refractivity contribution in [3.8, 4) is 6.07 Å². The van der Waals surface area contributed by atoms with E-state index >= 15 is 0 Å². The summed E-state index contributed by atoms with van der Waals surface area (Å²) in [5, 5.41) is 17.3. The number of aryl methyl sites for hydroxylation is 1. The summed E-state index contributed by atoms with van der Waals surface area (Å²) in [7, 11) is 0. The molecule has 0 unspecified atom stereocenters. The predicted molar refractivity (Wildman–Crippen MR) is 67.0 cm³/mol. The van der Waals surface area contributed by atoms with E-state index in [9.17, 15) is 0 Å². The topological polar surface area (TPSA) is 63.7 Å². The molecule has 0 aliphatic carbocycles. The number of rotatable bonds is 5. The summed E-state index contributed by atoms with van der Waals surface area (Å²) < 4.78 is 7.41. The van der Waals surface area contributed by atoms with Crippen molar-refractivity contribution in [1.82, 2.24) is 15.0 Å². The van der Waals surface area contributed by atoms with E-state index in [-0.39, 0.29) is 0 Å². The molecule has 0 radical (unpaired) electrons. The van der Waals surface area contributed by atoms with Crippen LogP contribution in [0.3, 0.4) is 0 Å². The molecule has 0 bridgehead atoms.